The first-order valence-corrected chi connectivity index (χ1v) is 15.6. The minimum absolute atomic E-state index is 0.0910. The van der Waals surface area contributed by atoms with Crippen molar-refractivity contribution in [3.63, 3.8) is 0 Å². The summed E-state index contributed by atoms with van der Waals surface area (Å²) in [6.07, 6.45) is 13.4. The molecule has 0 radical (unpaired) electrons. The summed E-state index contributed by atoms with van der Waals surface area (Å²) in [7, 11) is 0. The average Bonchev–Trinajstić information content (AvgIpc) is 3.37. The Morgan fingerprint density at radius 2 is 1.40 bits per heavy atom. The molecule has 5 heteroatoms. The number of amides is 2. The van der Waals surface area contributed by atoms with Gasteiger partial charge in [-0.2, -0.15) is 0 Å². The van der Waals surface area contributed by atoms with E-state index >= 15 is 0 Å². The van der Waals surface area contributed by atoms with Crippen LogP contribution in [-0.2, 0) is 6.42 Å². The Balaban J connectivity index is 1.14. The molecule has 0 fully saturated rings. The van der Waals surface area contributed by atoms with E-state index in [1.165, 1.54) is 73.6 Å². The number of aromatic hydroxyl groups is 1. The molecule has 2 amide bonds. The highest BCUT2D eigenvalue weighted by molar-refractivity contribution is 6.09. The molecule has 0 unspecified atom stereocenters. The van der Waals surface area contributed by atoms with Crippen molar-refractivity contribution in [2.45, 2.75) is 77.6 Å². The van der Waals surface area contributed by atoms with Crippen LogP contribution < -0.4 is 10.6 Å². The summed E-state index contributed by atoms with van der Waals surface area (Å²) < 4.78 is 0. The zero-order valence-corrected chi connectivity index (χ0v) is 24.7. The fourth-order valence-electron chi connectivity index (χ4n) is 5.95. The number of unbranched alkanes of at least 4 members (excludes halogenated alkanes) is 9. The Kier molecular flexibility index (Phi) is 9.91. The second-order valence-corrected chi connectivity index (χ2v) is 11.5. The molecular formula is C37H42N2O3. The molecule has 4 aromatic rings. The average molecular weight is 563 g/mol. The van der Waals surface area contributed by atoms with Crippen LogP contribution in [0.1, 0.15) is 103 Å². The van der Waals surface area contributed by atoms with Gasteiger partial charge in [0.05, 0.1) is 5.56 Å². The van der Waals surface area contributed by atoms with Crippen molar-refractivity contribution in [1.82, 2.24) is 5.32 Å². The number of hydrogen-bond donors (Lipinski definition) is 3. The van der Waals surface area contributed by atoms with E-state index in [0.29, 0.717) is 17.8 Å². The van der Waals surface area contributed by atoms with Gasteiger partial charge in [-0.3, -0.25) is 9.59 Å². The van der Waals surface area contributed by atoms with E-state index in [2.05, 4.69) is 29.7 Å². The number of carbonyl (C=O) groups excluding carboxylic acids is 2. The normalized spacial score (nSPS) is 11.7. The summed E-state index contributed by atoms with van der Waals surface area (Å²) in [5, 5.41) is 18.1. The second kappa shape index (κ2) is 14.2. The number of rotatable bonds is 14. The number of hydrogen-bond acceptors (Lipinski definition) is 3. The SMILES string of the molecule is CCCCCCCCCCCCNC(=O)c1ccc2cc(O)c(C(=O)Nc3ccc4c(c3)Cc3ccccc3-4)cc2c1. The maximum absolute atomic E-state index is 13.2. The van der Waals surface area contributed by atoms with Gasteiger partial charge in [0.2, 0.25) is 0 Å². The van der Waals surface area contributed by atoms with E-state index in [1.807, 2.05) is 36.4 Å². The van der Waals surface area contributed by atoms with E-state index < -0.39 is 0 Å². The van der Waals surface area contributed by atoms with Crippen molar-refractivity contribution in [1.29, 1.82) is 0 Å². The lowest BCUT2D eigenvalue weighted by Gasteiger charge is -2.11. The molecule has 1 aliphatic carbocycles. The Labute approximate surface area is 249 Å². The molecule has 42 heavy (non-hydrogen) atoms. The smallest absolute Gasteiger partial charge is 0.259 e. The highest BCUT2D eigenvalue weighted by Crippen LogP contribution is 2.38. The summed E-state index contributed by atoms with van der Waals surface area (Å²) in [5.74, 6) is -0.599. The fourth-order valence-corrected chi connectivity index (χ4v) is 5.95. The highest BCUT2D eigenvalue weighted by Gasteiger charge is 2.19. The zero-order valence-electron chi connectivity index (χ0n) is 24.7. The van der Waals surface area contributed by atoms with Gasteiger partial charge in [0, 0.05) is 17.8 Å². The maximum Gasteiger partial charge on any atom is 0.259 e. The summed E-state index contributed by atoms with van der Waals surface area (Å²) in [5.41, 5.74) is 6.29. The lowest BCUT2D eigenvalue weighted by atomic mass is 10.0. The Morgan fingerprint density at radius 3 is 2.19 bits per heavy atom. The summed E-state index contributed by atoms with van der Waals surface area (Å²) in [6, 6.07) is 22.9. The zero-order chi connectivity index (χ0) is 29.3. The Hall–Kier alpha value is -4.12. The first-order valence-electron chi connectivity index (χ1n) is 15.6. The summed E-state index contributed by atoms with van der Waals surface area (Å²) in [6.45, 7) is 2.90. The van der Waals surface area contributed by atoms with Crippen LogP contribution in [0.25, 0.3) is 21.9 Å². The quantitative estimate of drug-likeness (QED) is 0.118. The van der Waals surface area contributed by atoms with Gasteiger partial charge in [-0.25, -0.2) is 0 Å². The molecule has 0 atom stereocenters. The van der Waals surface area contributed by atoms with Gasteiger partial charge >= 0.3 is 0 Å². The van der Waals surface area contributed by atoms with Crippen molar-refractivity contribution in [2.24, 2.45) is 0 Å². The highest BCUT2D eigenvalue weighted by atomic mass is 16.3. The van der Waals surface area contributed by atoms with Crippen LogP contribution >= 0.6 is 0 Å². The molecule has 5 nitrogen and oxygen atoms in total. The molecule has 4 aromatic carbocycles. The third-order valence-electron chi connectivity index (χ3n) is 8.33. The number of phenols is 1. The Morgan fingerprint density at radius 1 is 0.690 bits per heavy atom. The van der Waals surface area contributed by atoms with Gasteiger partial charge in [0.15, 0.2) is 0 Å². The van der Waals surface area contributed by atoms with Crippen molar-refractivity contribution < 1.29 is 14.7 Å². The van der Waals surface area contributed by atoms with E-state index in [1.54, 1.807) is 24.3 Å². The van der Waals surface area contributed by atoms with E-state index in [-0.39, 0.29) is 23.1 Å². The lowest BCUT2D eigenvalue weighted by molar-refractivity contribution is 0.0952. The third kappa shape index (κ3) is 7.20. The fraction of sp³-hybridized carbons (Fsp3) is 0.351. The molecule has 0 aromatic heterocycles. The van der Waals surface area contributed by atoms with Gasteiger partial charge in [-0.15, -0.1) is 0 Å². The molecule has 3 N–H and O–H groups in total. The molecule has 0 heterocycles. The molecule has 5 rings (SSSR count). The standard InChI is InChI=1S/C37H42N2O3/c1-2-3-4-5-6-7-8-9-10-13-20-38-36(41)28-17-16-26-25-35(40)34(24-29(26)22-28)37(42)39-31-18-19-33-30(23-31)21-27-14-11-12-15-32(27)33/h11-12,14-19,22-25,40H,2-10,13,20-21H2,1H3,(H,38,41)(H,39,42). The maximum atomic E-state index is 13.2. The van der Waals surface area contributed by atoms with Crippen LogP contribution in [0, 0.1) is 0 Å². The predicted octanol–water partition coefficient (Wildman–Crippen LogP) is 9.02. The van der Waals surface area contributed by atoms with Gasteiger partial charge < -0.3 is 15.7 Å². The van der Waals surface area contributed by atoms with Gasteiger partial charge in [-0.05, 0) is 82.3 Å². The Bertz CT molecular complexity index is 1560. The molecule has 0 saturated carbocycles. The van der Waals surface area contributed by atoms with E-state index in [9.17, 15) is 14.7 Å². The molecule has 0 saturated heterocycles. The van der Waals surface area contributed by atoms with Crippen LogP contribution in [0.2, 0.25) is 0 Å². The predicted molar refractivity (Wildman–Crippen MR) is 172 cm³/mol. The lowest BCUT2D eigenvalue weighted by Crippen LogP contribution is -2.24. The first kappa shape index (κ1) is 29.4. The molecule has 0 aliphatic heterocycles. The molecule has 0 spiro atoms. The van der Waals surface area contributed by atoms with Gasteiger partial charge in [-0.1, -0.05) is 101 Å². The van der Waals surface area contributed by atoms with E-state index in [4.69, 9.17) is 0 Å². The third-order valence-corrected chi connectivity index (χ3v) is 8.33. The monoisotopic (exact) mass is 562 g/mol. The molecule has 218 valence electrons. The minimum Gasteiger partial charge on any atom is -0.507 e. The first-order chi connectivity index (χ1) is 20.5. The number of nitrogens with one attached hydrogen (secondary N) is 2. The van der Waals surface area contributed by atoms with Gasteiger partial charge in [0.25, 0.3) is 11.8 Å². The van der Waals surface area contributed by atoms with Crippen LogP contribution in [-0.4, -0.2) is 23.5 Å². The van der Waals surface area contributed by atoms with Gasteiger partial charge in [0.1, 0.15) is 5.75 Å². The number of benzene rings is 4. The van der Waals surface area contributed by atoms with Crippen LogP contribution in [0.4, 0.5) is 5.69 Å². The summed E-state index contributed by atoms with van der Waals surface area (Å²) in [4.78, 5) is 26.0. The van der Waals surface area contributed by atoms with Crippen molar-refractivity contribution in [3.8, 4) is 16.9 Å². The van der Waals surface area contributed by atoms with Crippen LogP contribution in [0.5, 0.6) is 5.75 Å². The number of phenolic OH excluding ortho intramolecular Hbond substituents is 1. The molecule has 1 aliphatic rings. The number of anilines is 1. The van der Waals surface area contributed by atoms with Crippen LogP contribution in [0.3, 0.4) is 0 Å². The largest absolute Gasteiger partial charge is 0.507 e. The summed E-state index contributed by atoms with van der Waals surface area (Å²) >= 11 is 0. The number of fused-ring (bicyclic) bond motifs is 4. The van der Waals surface area contributed by atoms with Crippen molar-refractivity contribution in [3.05, 3.63) is 95.1 Å². The van der Waals surface area contributed by atoms with E-state index in [0.717, 1.165) is 30.0 Å². The molecular weight excluding hydrogens is 520 g/mol. The molecule has 0 bridgehead atoms. The van der Waals surface area contributed by atoms with Crippen molar-refractivity contribution in [2.75, 3.05) is 11.9 Å². The van der Waals surface area contributed by atoms with Crippen molar-refractivity contribution >= 4 is 28.3 Å². The van der Waals surface area contributed by atoms with Crippen LogP contribution in [0.15, 0.2) is 72.8 Å². The number of carbonyl (C=O) groups is 2. The minimum atomic E-state index is -0.388. The second-order valence-electron chi connectivity index (χ2n) is 11.5. The topological polar surface area (TPSA) is 78.4 Å².